The first kappa shape index (κ1) is 12.6. The van der Waals surface area contributed by atoms with Gasteiger partial charge in [0, 0.05) is 18.0 Å². The molecule has 0 saturated carbocycles. The molecule has 1 aromatic heterocycles. The summed E-state index contributed by atoms with van der Waals surface area (Å²) in [6.45, 7) is 6.38. The van der Waals surface area contributed by atoms with Crippen LogP contribution in [0.5, 0.6) is 0 Å². The average molecular weight is 230 g/mol. The third kappa shape index (κ3) is 3.87. The van der Waals surface area contributed by atoms with Crippen LogP contribution in [-0.2, 0) is 6.54 Å². The summed E-state index contributed by atoms with van der Waals surface area (Å²) in [7, 11) is 0. The molecule has 0 saturated heterocycles. The maximum atomic E-state index is 9.55. The molecular weight excluding hydrogens is 212 g/mol. The van der Waals surface area contributed by atoms with E-state index in [-0.39, 0.29) is 6.61 Å². The predicted octanol–water partition coefficient (Wildman–Crippen LogP) is 0.593. The van der Waals surface area contributed by atoms with Crippen LogP contribution in [0.15, 0.2) is 0 Å². The Morgan fingerprint density at radius 2 is 2.13 bits per heavy atom. The zero-order chi connectivity index (χ0) is 11.5. The van der Waals surface area contributed by atoms with Crippen molar-refractivity contribution in [3.05, 3.63) is 15.6 Å². The Morgan fingerprint density at radius 1 is 1.47 bits per heavy atom. The van der Waals surface area contributed by atoms with Crippen molar-refractivity contribution < 1.29 is 10.2 Å². The molecule has 1 aromatic rings. The lowest BCUT2D eigenvalue weighted by molar-refractivity contribution is 0.00257. The van der Waals surface area contributed by atoms with E-state index in [9.17, 15) is 5.11 Å². The minimum Gasteiger partial charge on any atom is -0.393 e. The van der Waals surface area contributed by atoms with Gasteiger partial charge in [0.05, 0.1) is 22.9 Å². The van der Waals surface area contributed by atoms with Gasteiger partial charge < -0.3 is 15.5 Å². The second-order valence-electron chi connectivity index (χ2n) is 4.00. The number of nitrogens with zero attached hydrogens (tertiary/aromatic N) is 1. The van der Waals surface area contributed by atoms with E-state index >= 15 is 0 Å². The maximum Gasteiger partial charge on any atom is 0.0972 e. The molecule has 5 heteroatoms. The maximum absolute atomic E-state index is 9.55. The molecule has 0 radical (unpaired) electrons. The van der Waals surface area contributed by atoms with Crippen molar-refractivity contribution in [1.29, 1.82) is 0 Å². The molecule has 1 rings (SSSR count). The zero-order valence-electron chi connectivity index (χ0n) is 9.37. The van der Waals surface area contributed by atoms with Gasteiger partial charge >= 0.3 is 0 Å². The van der Waals surface area contributed by atoms with Gasteiger partial charge in [0.1, 0.15) is 0 Å². The lowest BCUT2D eigenvalue weighted by atomic mass is 10.1. The van der Waals surface area contributed by atoms with Crippen LogP contribution in [-0.4, -0.2) is 33.9 Å². The molecule has 4 nitrogen and oxygen atoms in total. The summed E-state index contributed by atoms with van der Waals surface area (Å²) in [6, 6.07) is 0. The molecule has 0 spiro atoms. The van der Waals surface area contributed by atoms with Crippen LogP contribution >= 0.6 is 11.3 Å². The highest BCUT2D eigenvalue weighted by molar-refractivity contribution is 7.11. The largest absolute Gasteiger partial charge is 0.393 e. The zero-order valence-corrected chi connectivity index (χ0v) is 10.2. The highest BCUT2D eigenvalue weighted by Gasteiger charge is 2.18. The Kier molecular flexibility index (Phi) is 4.21. The summed E-state index contributed by atoms with van der Waals surface area (Å²) in [4.78, 5) is 5.49. The second-order valence-corrected chi connectivity index (χ2v) is 5.29. The van der Waals surface area contributed by atoms with Crippen molar-refractivity contribution in [2.45, 2.75) is 32.9 Å². The second kappa shape index (κ2) is 5.03. The summed E-state index contributed by atoms with van der Waals surface area (Å²) < 4.78 is 0. The fraction of sp³-hybridized carbons (Fsp3) is 0.700. The fourth-order valence-electron chi connectivity index (χ4n) is 1.24. The third-order valence-corrected chi connectivity index (χ3v) is 3.20. The lowest BCUT2D eigenvalue weighted by Crippen LogP contribution is -2.40. The third-order valence-electron chi connectivity index (χ3n) is 2.13. The molecule has 0 aromatic carbocycles. The standard InChI is InChI=1S/C10H18N2O2S/c1-7-9(15-8(2)12-7)4-11-5-10(3,14)6-13/h11,13-14H,4-6H2,1-3H3. The Morgan fingerprint density at radius 3 is 2.60 bits per heavy atom. The number of hydrogen-bond donors (Lipinski definition) is 3. The molecule has 0 aliphatic carbocycles. The van der Waals surface area contributed by atoms with E-state index in [0.717, 1.165) is 10.7 Å². The topological polar surface area (TPSA) is 65.4 Å². The summed E-state index contributed by atoms with van der Waals surface area (Å²) >= 11 is 1.65. The number of thiazole rings is 1. The van der Waals surface area contributed by atoms with E-state index in [2.05, 4.69) is 10.3 Å². The molecule has 15 heavy (non-hydrogen) atoms. The highest BCUT2D eigenvalue weighted by Crippen LogP contribution is 2.16. The first-order chi connectivity index (χ1) is 6.94. The van der Waals surface area contributed by atoms with Gasteiger partial charge in [0.15, 0.2) is 0 Å². The summed E-state index contributed by atoms with van der Waals surface area (Å²) in [5.74, 6) is 0. The number of aliphatic hydroxyl groups is 2. The van der Waals surface area contributed by atoms with Crippen LogP contribution in [0.3, 0.4) is 0 Å². The molecule has 0 bridgehead atoms. The Labute approximate surface area is 94.0 Å². The monoisotopic (exact) mass is 230 g/mol. The predicted molar refractivity (Wildman–Crippen MR) is 61.0 cm³/mol. The van der Waals surface area contributed by atoms with Gasteiger partial charge in [-0.1, -0.05) is 0 Å². The van der Waals surface area contributed by atoms with Gasteiger partial charge in [-0.2, -0.15) is 0 Å². The smallest absolute Gasteiger partial charge is 0.0972 e. The molecule has 0 aliphatic rings. The molecule has 0 aliphatic heterocycles. The quantitative estimate of drug-likeness (QED) is 0.693. The normalized spacial score (nSPS) is 15.3. The van der Waals surface area contributed by atoms with Gasteiger partial charge in [0.2, 0.25) is 0 Å². The number of aliphatic hydroxyl groups excluding tert-OH is 1. The molecule has 1 heterocycles. The minimum absolute atomic E-state index is 0.235. The van der Waals surface area contributed by atoms with Gasteiger partial charge in [-0.15, -0.1) is 11.3 Å². The Balaban J connectivity index is 2.41. The van der Waals surface area contributed by atoms with Crippen LogP contribution in [0, 0.1) is 13.8 Å². The van der Waals surface area contributed by atoms with Crippen molar-refractivity contribution in [2.75, 3.05) is 13.2 Å². The molecule has 1 atom stereocenters. The lowest BCUT2D eigenvalue weighted by Gasteiger charge is -2.20. The average Bonchev–Trinajstić information content (AvgIpc) is 2.45. The molecule has 0 fully saturated rings. The molecule has 1 unspecified atom stereocenters. The number of hydrogen-bond acceptors (Lipinski definition) is 5. The number of aromatic nitrogens is 1. The molecule has 0 amide bonds. The number of rotatable bonds is 5. The van der Waals surface area contributed by atoms with Crippen molar-refractivity contribution in [1.82, 2.24) is 10.3 Å². The highest BCUT2D eigenvalue weighted by atomic mass is 32.1. The Hall–Kier alpha value is -0.490. The van der Waals surface area contributed by atoms with Crippen molar-refractivity contribution in [3.8, 4) is 0 Å². The van der Waals surface area contributed by atoms with Crippen molar-refractivity contribution >= 4 is 11.3 Å². The summed E-state index contributed by atoms with van der Waals surface area (Å²) in [6.07, 6.45) is 0. The van der Waals surface area contributed by atoms with E-state index in [1.54, 1.807) is 18.3 Å². The van der Waals surface area contributed by atoms with Crippen molar-refractivity contribution in [3.63, 3.8) is 0 Å². The van der Waals surface area contributed by atoms with E-state index in [1.807, 2.05) is 13.8 Å². The molecule has 3 N–H and O–H groups in total. The Bertz CT molecular complexity index is 323. The van der Waals surface area contributed by atoms with E-state index in [4.69, 9.17) is 5.11 Å². The van der Waals surface area contributed by atoms with Gasteiger partial charge in [-0.05, 0) is 20.8 Å². The number of nitrogens with one attached hydrogen (secondary N) is 1. The summed E-state index contributed by atoms with van der Waals surface area (Å²) in [5, 5.41) is 22.6. The van der Waals surface area contributed by atoms with Crippen LogP contribution in [0.2, 0.25) is 0 Å². The van der Waals surface area contributed by atoms with E-state index < -0.39 is 5.60 Å². The van der Waals surface area contributed by atoms with Gasteiger partial charge in [-0.25, -0.2) is 4.98 Å². The minimum atomic E-state index is -1.05. The number of aryl methyl sites for hydroxylation is 2. The van der Waals surface area contributed by atoms with Crippen LogP contribution in [0.25, 0.3) is 0 Å². The van der Waals surface area contributed by atoms with Crippen LogP contribution < -0.4 is 5.32 Å². The fourth-order valence-corrected chi connectivity index (χ4v) is 2.15. The molecular formula is C10H18N2O2S. The van der Waals surface area contributed by atoms with E-state index in [0.29, 0.717) is 13.1 Å². The molecule has 86 valence electrons. The van der Waals surface area contributed by atoms with Crippen LogP contribution in [0.4, 0.5) is 0 Å². The van der Waals surface area contributed by atoms with Gasteiger partial charge in [0.25, 0.3) is 0 Å². The first-order valence-electron chi connectivity index (χ1n) is 4.91. The van der Waals surface area contributed by atoms with Crippen molar-refractivity contribution in [2.24, 2.45) is 0 Å². The van der Waals surface area contributed by atoms with Crippen LogP contribution in [0.1, 0.15) is 22.5 Å². The summed E-state index contributed by atoms with van der Waals surface area (Å²) in [5.41, 5.74) is -0.0122. The first-order valence-corrected chi connectivity index (χ1v) is 5.73. The van der Waals surface area contributed by atoms with Gasteiger partial charge in [-0.3, -0.25) is 0 Å². The SMILES string of the molecule is Cc1nc(C)c(CNCC(C)(O)CO)s1. The van der Waals surface area contributed by atoms with E-state index in [1.165, 1.54) is 4.88 Å².